The number of nitrogens with zero attached hydrogens (tertiary/aromatic N) is 1. The van der Waals surface area contributed by atoms with Crippen LogP contribution in [0.2, 0.25) is 0 Å². The predicted molar refractivity (Wildman–Crippen MR) is 61.3 cm³/mol. The normalized spacial score (nSPS) is 15.4. The fourth-order valence-electron chi connectivity index (χ4n) is 1.61. The van der Waals surface area contributed by atoms with E-state index in [1.165, 1.54) is 17.7 Å². The minimum Gasteiger partial charge on any atom is -0.496 e. The molecule has 0 saturated carbocycles. The zero-order valence-electron chi connectivity index (χ0n) is 8.09. The van der Waals surface area contributed by atoms with Gasteiger partial charge in [0, 0.05) is 12.3 Å². The molecule has 1 aliphatic heterocycles. The summed E-state index contributed by atoms with van der Waals surface area (Å²) in [6, 6.07) is 6.12. The van der Waals surface area contributed by atoms with Crippen LogP contribution in [0.25, 0.3) is 0 Å². The number of benzene rings is 1. The number of rotatable bonds is 2. The highest BCUT2D eigenvalue weighted by Gasteiger charge is 2.10. The van der Waals surface area contributed by atoms with Crippen LogP contribution in [0, 0.1) is 0 Å². The molecule has 2 nitrogen and oxygen atoms in total. The average molecular weight is 254 g/mol. The Morgan fingerprint density at radius 3 is 2.93 bits per heavy atom. The summed E-state index contributed by atoms with van der Waals surface area (Å²) in [5, 5.41) is 0. The minimum atomic E-state index is 0.872. The highest BCUT2D eigenvalue weighted by atomic mass is 79.9. The molecule has 1 aromatic carbocycles. The van der Waals surface area contributed by atoms with E-state index in [1.807, 2.05) is 12.1 Å². The van der Waals surface area contributed by atoms with Crippen molar-refractivity contribution in [3.63, 3.8) is 0 Å². The Kier molecular flexibility index (Phi) is 2.87. The molecular formula is C11H12BrNO. The van der Waals surface area contributed by atoms with Gasteiger partial charge in [0.1, 0.15) is 5.75 Å². The van der Waals surface area contributed by atoms with Gasteiger partial charge in [-0.25, -0.2) is 0 Å². The fourth-order valence-corrected chi connectivity index (χ4v) is 2.02. The lowest BCUT2D eigenvalue weighted by Gasteiger charge is -2.06. The smallest absolute Gasteiger partial charge is 0.133 e. The highest BCUT2D eigenvalue weighted by Crippen LogP contribution is 2.27. The van der Waals surface area contributed by atoms with E-state index >= 15 is 0 Å². The number of halogens is 1. The van der Waals surface area contributed by atoms with E-state index in [0.717, 1.165) is 23.2 Å². The molecule has 0 amide bonds. The third-order valence-electron chi connectivity index (χ3n) is 2.36. The van der Waals surface area contributed by atoms with Crippen LogP contribution in [-0.4, -0.2) is 19.4 Å². The van der Waals surface area contributed by atoms with Gasteiger partial charge in [0.15, 0.2) is 0 Å². The van der Waals surface area contributed by atoms with Gasteiger partial charge in [-0.2, -0.15) is 0 Å². The van der Waals surface area contributed by atoms with Gasteiger partial charge in [0.2, 0.25) is 0 Å². The molecular weight excluding hydrogens is 242 g/mol. The molecule has 0 saturated heterocycles. The molecule has 14 heavy (non-hydrogen) atoms. The second kappa shape index (κ2) is 4.13. The Morgan fingerprint density at radius 2 is 2.29 bits per heavy atom. The first-order chi connectivity index (χ1) is 6.81. The van der Waals surface area contributed by atoms with Crippen molar-refractivity contribution >= 4 is 21.6 Å². The van der Waals surface area contributed by atoms with Gasteiger partial charge in [-0.1, -0.05) is 6.07 Å². The van der Waals surface area contributed by atoms with E-state index in [1.54, 1.807) is 7.11 Å². The maximum atomic E-state index is 5.24. The number of hydrogen-bond acceptors (Lipinski definition) is 2. The Hall–Kier alpha value is -0.830. The molecule has 3 heteroatoms. The average Bonchev–Trinajstić information content (AvgIpc) is 2.71. The van der Waals surface area contributed by atoms with Gasteiger partial charge < -0.3 is 4.74 Å². The first-order valence-corrected chi connectivity index (χ1v) is 5.48. The summed E-state index contributed by atoms with van der Waals surface area (Å²) >= 11 is 3.43. The van der Waals surface area contributed by atoms with E-state index in [2.05, 4.69) is 27.0 Å². The molecule has 0 atom stereocenters. The third kappa shape index (κ3) is 1.82. The zero-order chi connectivity index (χ0) is 9.97. The van der Waals surface area contributed by atoms with Gasteiger partial charge in [0.05, 0.1) is 11.6 Å². The summed E-state index contributed by atoms with van der Waals surface area (Å²) < 4.78 is 6.23. The molecule has 1 aliphatic rings. The van der Waals surface area contributed by atoms with Crippen molar-refractivity contribution in [1.82, 2.24) is 0 Å². The molecule has 0 aliphatic carbocycles. The number of hydrogen-bond donors (Lipinski definition) is 0. The number of ether oxygens (including phenoxy) is 1. The zero-order valence-corrected chi connectivity index (χ0v) is 9.67. The molecule has 0 aromatic heterocycles. The molecule has 74 valence electrons. The van der Waals surface area contributed by atoms with Gasteiger partial charge in [0.25, 0.3) is 0 Å². The monoisotopic (exact) mass is 253 g/mol. The standard InChI is InChI=1S/C11H12BrNO/c1-14-11-7-8(4-5-9(11)12)10-3-2-6-13-10/h4-5,7H,2-3,6H2,1H3. The van der Waals surface area contributed by atoms with E-state index < -0.39 is 0 Å². The molecule has 0 bridgehead atoms. The number of methoxy groups -OCH3 is 1. The first kappa shape index (κ1) is 9.71. The van der Waals surface area contributed by atoms with Gasteiger partial charge >= 0.3 is 0 Å². The Morgan fingerprint density at radius 1 is 1.43 bits per heavy atom. The first-order valence-electron chi connectivity index (χ1n) is 4.68. The van der Waals surface area contributed by atoms with Crippen molar-refractivity contribution in [2.75, 3.05) is 13.7 Å². The molecule has 0 fully saturated rings. The predicted octanol–water partition coefficient (Wildman–Crippen LogP) is 3.04. The summed E-state index contributed by atoms with van der Waals surface area (Å²) in [6.45, 7) is 0.966. The molecule has 1 aromatic rings. The maximum Gasteiger partial charge on any atom is 0.133 e. The van der Waals surface area contributed by atoms with E-state index in [4.69, 9.17) is 4.74 Å². The maximum absolute atomic E-state index is 5.24. The lowest BCUT2D eigenvalue weighted by atomic mass is 10.1. The van der Waals surface area contributed by atoms with Crippen LogP contribution < -0.4 is 4.74 Å². The van der Waals surface area contributed by atoms with Crippen molar-refractivity contribution in [2.45, 2.75) is 12.8 Å². The third-order valence-corrected chi connectivity index (χ3v) is 3.01. The van der Waals surface area contributed by atoms with E-state index in [0.29, 0.717) is 0 Å². The van der Waals surface area contributed by atoms with Crippen LogP contribution in [0.3, 0.4) is 0 Å². The topological polar surface area (TPSA) is 21.6 Å². The Labute approximate surface area is 92.1 Å². The summed E-state index contributed by atoms with van der Waals surface area (Å²) in [7, 11) is 1.68. The van der Waals surface area contributed by atoms with Crippen molar-refractivity contribution in [3.05, 3.63) is 28.2 Å². The van der Waals surface area contributed by atoms with Gasteiger partial charge in [-0.3, -0.25) is 4.99 Å². The quantitative estimate of drug-likeness (QED) is 0.794. The molecule has 1 heterocycles. The van der Waals surface area contributed by atoms with Crippen molar-refractivity contribution in [2.24, 2.45) is 4.99 Å². The van der Waals surface area contributed by atoms with Crippen molar-refractivity contribution in [3.8, 4) is 5.75 Å². The second-order valence-electron chi connectivity index (χ2n) is 3.28. The molecule has 0 N–H and O–H groups in total. The summed E-state index contributed by atoms with van der Waals surface area (Å²) in [5.41, 5.74) is 2.39. The summed E-state index contributed by atoms with van der Waals surface area (Å²) in [5.74, 6) is 0.872. The molecule has 0 spiro atoms. The summed E-state index contributed by atoms with van der Waals surface area (Å²) in [4.78, 5) is 4.46. The fraction of sp³-hybridized carbons (Fsp3) is 0.364. The van der Waals surface area contributed by atoms with Gasteiger partial charge in [-0.05, 0) is 46.5 Å². The minimum absolute atomic E-state index is 0.872. The SMILES string of the molecule is COc1cc(C2=NCCC2)ccc1Br. The largest absolute Gasteiger partial charge is 0.496 e. The van der Waals surface area contributed by atoms with Crippen molar-refractivity contribution in [1.29, 1.82) is 0 Å². The van der Waals surface area contributed by atoms with Crippen LogP contribution in [0.1, 0.15) is 18.4 Å². The Bertz CT molecular complexity index is 374. The van der Waals surface area contributed by atoms with Crippen molar-refractivity contribution < 1.29 is 4.74 Å². The molecule has 0 radical (unpaired) electrons. The lowest BCUT2D eigenvalue weighted by Crippen LogP contribution is -1.96. The summed E-state index contributed by atoms with van der Waals surface area (Å²) in [6.07, 6.45) is 2.26. The van der Waals surface area contributed by atoms with Gasteiger partial charge in [-0.15, -0.1) is 0 Å². The van der Waals surface area contributed by atoms with E-state index in [9.17, 15) is 0 Å². The van der Waals surface area contributed by atoms with Crippen LogP contribution in [0.15, 0.2) is 27.7 Å². The van der Waals surface area contributed by atoms with Crippen LogP contribution in [-0.2, 0) is 0 Å². The molecule has 0 unspecified atom stereocenters. The molecule has 2 rings (SSSR count). The Balaban J connectivity index is 2.35. The number of aliphatic imine (C=N–C) groups is 1. The highest BCUT2D eigenvalue weighted by molar-refractivity contribution is 9.10. The van der Waals surface area contributed by atoms with Crippen LogP contribution in [0.4, 0.5) is 0 Å². The second-order valence-corrected chi connectivity index (χ2v) is 4.14. The van der Waals surface area contributed by atoms with E-state index in [-0.39, 0.29) is 0 Å². The van der Waals surface area contributed by atoms with Crippen LogP contribution >= 0.6 is 15.9 Å². The van der Waals surface area contributed by atoms with Crippen LogP contribution in [0.5, 0.6) is 5.75 Å². The lowest BCUT2D eigenvalue weighted by molar-refractivity contribution is 0.412.